The summed E-state index contributed by atoms with van der Waals surface area (Å²) in [6.07, 6.45) is 8.56. The number of nitrogens with one attached hydrogen (secondary N) is 1. The van der Waals surface area contributed by atoms with Crippen molar-refractivity contribution >= 4 is 17.7 Å². The summed E-state index contributed by atoms with van der Waals surface area (Å²) >= 11 is 0. The molecular weight excluding hydrogens is 290 g/mol. The van der Waals surface area contributed by atoms with E-state index >= 15 is 0 Å². The van der Waals surface area contributed by atoms with E-state index in [4.69, 9.17) is 0 Å². The van der Waals surface area contributed by atoms with E-state index in [1.54, 1.807) is 6.20 Å². The zero-order chi connectivity index (χ0) is 16.1. The molecule has 3 rings (SSSR count). The maximum Gasteiger partial charge on any atom is 0.231 e. The summed E-state index contributed by atoms with van der Waals surface area (Å²) in [6.45, 7) is 6.19. The molecule has 0 unspecified atom stereocenters. The smallest absolute Gasteiger partial charge is 0.231 e. The van der Waals surface area contributed by atoms with E-state index in [9.17, 15) is 4.79 Å². The van der Waals surface area contributed by atoms with Gasteiger partial charge in [-0.3, -0.25) is 15.0 Å². The Morgan fingerprint density at radius 3 is 2.70 bits per heavy atom. The Hall–Kier alpha value is -1.69. The third-order valence-corrected chi connectivity index (χ3v) is 4.85. The summed E-state index contributed by atoms with van der Waals surface area (Å²) in [4.78, 5) is 25.3. The number of aromatic nitrogens is 2. The molecule has 1 N–H and O–H groups in total. The van der Waals surface area contributed by atoms with E-state index in [2.05, 4.69) is 25.1 Å². The lowest BCUT2D eigenvalue weighted by atomic mass is 10.2. The van der Waals surface area contributed by atoms with Crippen LogP contribution in [0.1, 0.15) is 45.4 Å². The highest BCUT2D eigenvalue weighted by atomic mass is 16.1. The molecule has 6 nitrogen and oxygen atoms in total. The number of piperazine rings is 1. The van der Waals surface area contributed by atoms with Gasteiger partial charge in [0.2, 0.25) is 11.9 Å². The first-order valence-corrected chi connectivity index (χ1v) is 8.88. The molecule has 0 spiro atoms. The van der Waals surface area contributed by atoms with Crippen LogP contribution in [0.2, 0.25) is 0 Å². The van der Waals surface area contributed by atoms with Gasteiger partial charge in [0.15, 0.2) is 0 Å². The average molecular weight is 317 g/mol. The first-order valence-electron chi connectivity index (χ1n) is 8.88. The minimum atomic E-state index is -0.0179. The number of carbonyl (C=O) groups excluding carboxylic acids is 1. The van der Waals surface area contributed by atoms with Crippen molar-refractivity contribution in [1.82, 2.24) is 14.9 Å². The summed E-state index contributed by atoms with van der Waals surface area (Å²) in [6, 6.07) is 2.73. The fraction of sp³-hybridized carbons (Fsp3) is 0.706. The molecule has 2 fully saturated rings. The summed E-state index contributed by atoms with van der Waals surface area (Å²) in [5, 5.41) is 2.78. The predicted octanol–water partition coefficient (Wildman–Crippen LogP) is 2.28. The van der Waals surface area contributed by atoms with Crippen LogP contribution in [0.15, 0.2) is 12.3 Å². The number of amides is 1. The SMILES string of the molecule is CCCC(=O)Nc1nccc(N2CCN(C3CCCC3)CC2)n1. The van der Waals surface area contributed by atoms with Gasteiger partial charge in [-0.15, -0.1) is 0 Å². The largest absolute Gasteiger partial charge is 0.354 e. The Morgan fingerprint density at radius 1 is 1.26 bits per heavy atom. The van der Waals surface area contributed by atoms with Gasteiger partial charge in [-0.05, 0) is 25.3 Å². The van der Waals surface area contributed by atoms with Gasteiger partial charge < -0.3 is 4.90 Å². The van der Waals surface area contributed by atoms with Crippen LogP contribution in [-0.4, -0.2) is 53.0 Å². The molecule has 1 aromatic rings. The van der Waals surface area contributed by atoms with Crippen LogP contribution in [0.4, 0.5) is 11.8 Å². The van der Waals surface area contributed by atoms with Gasteiger partial charge in [-0.1, -0.05) is 19.8 Å². The second kappa shape index (κ2) is 7.73. The quantitative estimate of drug-likeness (QED) is 0.903. The van der Waals surface area contributed by atoms with Crippen LogP contribution in [0.5, 0.6) is 0 Å². The zero-order valence-electron chi connectivity index (χ0n) is 14.0. The normalized spacial score (nSPS) is 20.0. The monoisotopic (exact) mass is 317 g/mol. The fourth-order valence-electron chi connectivity index (χ4n) is 3.59. The summed E-state index contributed by atoms with van der Waals surface area (Å²) in [5.41, 5.74) is 0. The Kier molecular flexibility index (Phi) is 5.43. The maximum absolute atomic E-state index is 11.7. The summed E-state index contributed by atoms with van der Waals surface area (Å²) in [5.74, 6) is 1.31. The van der Waals surface area contributed by atoms with Crippen molar-refractivity contribution in [1.29, 1.82) is 0 Å². The van der Waals surface area contributed by atoms with Crippen molar-refractivity contribution in [3.8, 4) is 0 Å². The minimum absolute atomic E-state index is 0.0179. The van der Waals surface area contributed by atoms with E-state index < -0.39 is 0 Å². The van der Waals surface area contributed by atoms with Crippen LogP contribution in [0.3, 0.4) is 0 Å². The van der Waals surface area contributed by atoms with Crippen LogP contribution >= 0.6 is 0 Å². The van der Waals surface area contributed by atoms with Gasteiger partial charge >= 0.3 is 0 Å². The minimum Gasteiger partial charge on any atom is -0.354 e. The second-order valence-electron chi connectivity index (χ2n) is 6.50. The van der Waals surface area contributed by atoms with Crippen LogP contribution in [0.25, 0.3) is 0 Å². The molecule has 1 amide bonds. The van der Waals surface area contributed by atoms with E-state index in [1.807, 2.05) is 13.0 Å². The first-order chi connectivity index (χ1) is 11.3. The highest BCUT2D eigenvalue weighted by molar-refractivity contribution is 5.88. The number of hydrogen-bond donors (Lipinski definition) is 1. The predicted molar refractivity (Wildman–Crippen MR) is 91.6 cm³/mol. The molecule has 6 heteroatoms. The number of nitrogens with zero attached hydrogens (tertiary/aromatic N) is 4. The first kappa shape index (κ1) is 16.2. The lowest BCUT2D eigenvalue weighted by molar-refractivity contribution is -0.116. The molecule has 1 saturated heterocycles. The molecule has 1 aromatic heterocycles. The van der Waals surface area contributed by atoms with Crippen molar-refractivity contribution in [3.05, 3.63) is 12.3 Å². The van der Waals surface area contributed by atoms with Gasteiger partial charge in [0.1, 0.15) is 5.82 Å². The molecule has 23 heavy (non-hydrogen) atoms. The third kappa shape index (κ3) is 4.19. The maximum atomic E-state index is 11.7. The van der Waals surface area contributed by atoms with Crippen molar-refractivity contribution in [2.45, 2.75) is 51.5 Å². The van der Waals surface area contributed by atoms with Gasteiger partial charge in [0, 0.05) is 44.8 Å². The molecular formula is C17H27N5O. The molecule has 1 aliphatic heterocycles. The number of anilines is 2. The van der Waals surface area contributed by atoms with Gasteiger partial charge in [0.25, 0.3) is 0 Å². The molecule has 2 heterocycles. The number of carbonyl (C=O) groups is 1. The molecule has 0 radical (unpaired) electrons. The van der Waals surface area contributed by atoms with Crippen molar-refractivity contribution in [2.75, 3.05) is 36.4 Å². The molecule has 1 saturated carbocycles. The Bertz CT molecular complexity index is 521. The van der Waals surface area contributed by atoms with Gasteiger partial charge in [-0.25, -0.2) is 4.98 Å². The molecule has 2 aliphatic rings. The molecule has 0 atom stereocenters. The van der Waals surface area contributed by atoms with Gasteiger partial charge in [0.05, 0.1) is 0 Å². The van der Waals surface area contributed by atoms with Crippen molar-refractivity contribution in [2.24, 2.45) is 0 Å². The Labute approximate surface area is 138 Å². The van der Waals surface area contributed by atoms with E-state index in [-0.39, 0.29) is 5.91 Å². The van der Waals surface area contributed by atoms with Gasteiger partial charge in [-0.2, -0.15) is 4.98 Å². The average Bonchev–Trinajstić information content (AvgIpc) is 3.10. The lowest BCUT2D eigenvalue weighted by Crippen LogP contribution is -2.50. The highest BCUT2D eigenvalue weighted by Gasteiger charge is 2.26. The lowest BCUT2D eigenvalue weighted by Gasteiger charge is -2.38. The number of hydrogen-bond acceptors (Lipinski definition) is 5. The van der Waals surface area contributed by atoms with Crippen LogP contribution < -0.4 is 10.2 Å². The van der Waals surface area contributed by atoms with Crippen LogP contribution in [-0.2, 0) is 4.79 Å². The molecule has 1 aliphatic carbocycles. The van der Waals surface area contributed by atoms with E-state index in [1.165, 1.54) is 25.7 Å². The summed E-state index contributed by atoms with van der Waals surface area (Å²) in [7, 11) is 0. The molecule has 0 bridgehead atoms. The summed E-state index contributed by atoms with van der Waals surface area (Å²) < 4.78 is 0. The molecule has 126 valence electrons. The fourth-order valence-corrected chi connectivity index (χ4v) is 3.59. The van der Waals surface area contributed by atoms with E-state index in [0.717, 1.165) is 44.5 Å². The van der Waals surface area contributed by atoms with E-state index in [0.29, 0.717) is 12.4 Å². The number of rotatable bonds is 5. The second-order valence-corrected chi connectivity index (χ2v) is 6.50. The van der Waals surface area contributed by atoms with Crippen molar-refractivity contribution < 1.29 is 4.79 Å². The standard InChI is InChI=1S/C17H27N5O/c1-2-5-16(23)20-17-18-9-8-15(19-17)22-12-10-21(11-13-22)14-6-3-4-7-14/h8-9,14H,2-7,10-13H2,1H3,(H,18,19,20,23). The Morgan fingerprint density at radius 2 is 2.00 bits per heavy atom. The zero-order valence-corrected chi connectivity index (χ0v) is 14.0. The van der Waals surface area contributed by atoms with Crippen LogP contribution in [0, 0.1) is 0 Å². The topological polar surface area (TPSA) is 61.4 Å². The third-order valence-electron chi connectivity index (χ3n) is 4.85. The molecule has 0 aromatic carbocycles. The Balaban J connectivity index is 1.56. The van der Waals surface area contributed by atoms with Crippen molar-refractivity contribution in [3.63, 3.8) is 0 Å². The highest BCUT2D eigenvalue weighted by Crippen LogP contribution is 2.25.